The van der Waals surface area contributed by atoms with Gasteiger partial charge in [-0.25, -0.2) is 4.79 Å². The van der Waals surface area contributed by atoms with Gasteiger partial charge in [0.1, 0.15) is 0 Å². The standard InChI is InChI=1S/C22H23NO4S/c1-15-10-12-16(13-11-15)23-21(25)14-28-20-9-5-2-6-17(20)22(26)27-19-8-4-3-7-18(19)24/h2,5-6,9-13,19H,3-4,7-8,14H2,1H3,(H,23,25)/t19-/m0/s1. The molecule has 1 aliphatic rings. The minimum absolute atomic E-state index is 0.0118. The van der Waals surface area contributed by atoms with Crippen LogP contribution in [0, 0.1) is 6.92 Å². The number of hydrogen-bond acceptors (Lipinski definition) is 5. The van der Waals surface area contributed by atoms with E-state index < -0.39 is 12.1 Å². The first kappa shape index (κ1) is 20.1. The van der Waals surface area contributed by atoms with Crippen molar-refractivity contribution >= 4 is 35.1 Å². The Hall–Kier alpha value is -2.60. The van der Waals surface area contributed by atoms with Crippen molar-refractivity contribution in [3.63, 3.8) is 0 Å². The number of anilines is 1. The van der Waals surface area contributed by atoms with Gasteiger partial charge >= 0.3 is 5.97 Å². The first-order valence-electron chi connectivity index (χ1n) is 9.35. The molecule has 0 saturated heterocycles. The van der Waals surface area contributed by atoms with Crippen LogP contribution in [0.2, 0.25) is 0 Å². The van der Waals surface area contributed by atoms with Crippen molar-refractivity contribution in [3.05, 3.63) is 59.7 Å². The first-order chi connectivity index (χ1) is 13.5. The van der Waals surface area contributed by atoms with Crippen LogP contribution in [0.15, 0.2) is 53.4 Å². The minimum Gasteiger partial charge on any atom is -0.451 e. The van der Waals surface area contributed by atoms with E-state index >= 15 is 0 Å². The predicted molar refractivity (Wildman–Crippen MR) is 110 cm³/mol. The highest BCUT2D eigenvalue weighted by Crippen LogP contribution is 2.25. The molecule has 0 spiro atoms. The van der Waals surface area contributed by atoms with E-state index in [0.717, 1.165) is 24.1 Å². The summed E-state index contributed by atoms with van der Waals surface area (Å²) < 4.78 is 5.44. The maximum Gasteiger partial charge on any atom is 0.339 e. The number of carbonyl (C=O) groups excluding carboxylic acids is 3. The average Bonchev–Trinajstić information content (AvgIpc) is 2.70. The molecule has 6 heteroatoms. The Kier molecular flexibility index (Phi) is 6.87. The number of carbonyl (C=O) groups is 3. The van der Waals surface area contributed by atoms with Gasteiger partial charge in [0.15, 0.2) is 11.9 Å². The normalized spacial score (nSPS) is 16.5. The van der Waals surface area contributed by atoms with Gasteiger partial charge in [0, 0.05) is 17.0 Å². The summed E-state index contributed by atoms with van der Waals surface area (Å²) in [4.78, 5) is 37.4. The van der Waals surface area contributed by atoms with Crippen LogP contribution in [-0.4, -0.2) is 29.5 Å². The van der Waals surface area contributed by atoms with Gasteiger partial charge in [0.25, 0.3) is 0 Å². The molecule has 1 atom stereocenters. The monoisotopic (exact) mass is 397 g/mol. The lowest BCUT2D eigenvalue weighted by molar-refractivity contribution is -0.130. The van der Waals surface area contributed by atoms with Crippen LogP contribution in [0.3, 0.4) is 0 Å². The Morgan fingerprint density at radius 1 is 1.11 bits per heavy atom. The average molecular weight is 397 g/mol. The van der Waals surface area contributed by atoms with Crippen LogP contribution in [0.25, 0.3) is 0 Å². The van der Waals surface area contributed by atoms with Crippen LogP contribution in [0.5, 0.6) is 0 Å². The van der Waals surface area contributed by atoms with E-state index in [4.69, 9.17) is 4.74 Å². The van der Waals surface area contributed by atoms with Crippen LogP contribution in [-0.2, 0) is 14.3 Å². The van der Waals surface area contributed by atoms with E-state index in [1.54, 1.807) is 18.2 Å². The number of hydrogen-bond donors (Lipinski definition) is 1. The van der Waals surface area contributed by atoms with E-state index in [-0.39, 0.29) is 17.4 Å². The van der Waals surface area contributed by atoms with Crippen molar-refractivity contribution in [2.24, 2.45) is 0 Å². The van der Waals surface area contributed by atoms with E-state index in [1.807, 2.05) is 37.3 Å². The molecule has 0 aromatic heterocycles. The fraction of sp³-hybridized carbons (Fsp3) is 0.318. The van der Waals surface area contributed by atoms with E-state index in [0.29, 0.717) is 23.3 Å². The van der Waals surface area contributed by atoms with Gasteiger partial charge < -0.3 is 10.1 Å². The highest BCUT2D eigenvalue weighted by Gasteiger charge is 2.27. The van der Waals surface area contributed by atoms with Crippen LogP contribution in [0.1, 0.15) is 41.6 Å². The SMILES string of the molecule is Cc1ccc(NC(=O)CSc2ccccc2C(=O)O[C@H]2CCCCC2=O)cc1. The van der Waals surface area contributed by atoms with Gasteiger partial charge in [-0.2, -0.15) is 0 Å². The Morgan fingerprint density at radius 3 is 2.61 bits per heavy atom. The zero-order chi connectivity index (χ0) is 19.9. The number of esters is 1. The number of thioether (sulfide) groups is 1. The van der Waals surface area contributed by atoms with Crippen molar-refractivity contribution in [3.8, 4) is 0 Å². The summed E-state index contributed by atoms with van der Waals surface area (Å²) in [5, 5.41) is 2.84. The summed E-state index contributed by atoms with van der Waals surface area (Å²) in [7, 11) is 0. The lowest BCUT2D eigenvalue weighted by atomic mass is 9.96. The molecule has 1 amide bonds. The molecule has 0 radical (unpaired) electrons. The second-order valence-corrected chi connectivity index (χ2v) is 7.82. The van der Waals surface area contributed by atoms with Crippen molar-refractivity contribution in [1.29, 1.82) is 0 Å². The molecule has 28 heavy (non-hydrogen) atoms. The second kappa shape index (κ2) is 9.55. The summed E-state index contributed by atoms with van der Waals surface area (Å²) >= 11 is 1.27. The summed E-state index contributed by atoms with van der Waals surface area (Å²) in [5.41, 5.74) is 2.24. The quantitative estimate of drug-likeness (QED) is 0.578. The summed E-state index contributed by atoms with van der Waals surface area (Å²) in [5.74, 6) is -0.510. The van der Waals surface area contributed by atoms with E-state index in [1.165, 1.54) is 11.8 Å². The topological polar surface area (TPSA) is 72.5 Å². The third-order valence-electron chi connectivity index (χ3n) is 4.55. The molecule has 146 valence electrons. The summed E-state index contributed by atoms with van der Waals surface area (Å²) in [6.07, 6.45) is 2.14. The molecular formula is C22H23NO4S. The van der Waals surface area contributed by atoms with Crippen molar-refractivity contribution in [1.82, 2.24) is 0 Å². The number of nitrogens with one attached hydrogen (secondary N) is 1. The molecule has 3 rings (SSSR count). The molecule has 1 N–H and O–H groups in total. The van der Waals surface area contributed by atoms with Gasteiger partial charge in [-0.15, -0.1) is 11.8 Å². The van der Waals surface area contributed by atoms with Gasteiger partial charge in [-0.3, -0.25) is 9.59 Å². The highest BCUT2D eigenvalue weighted by molar-refractivity contribution is 8.00. The molecule has 0 bridgehead atoms. The molecule has 5 nitrogen and oxygen atoms in total. The third-order valence-corrected chi connectivity index (χ3v) is 5.62. The Labute approximate surface area is 168 Å². The molecule has 1 fully saturated rings. The number of aryl methyl sites for hydroxylation is 1. The van der Waals surface area contributed by atoms with Gasteiger partial charge in [0.2, 0.25) is 5.91 Å². The van der Waals surface area contributed by atoms with Crippen LogP contribution in [0.4, 0.5) is 5.69 Å². The number of Topliss-reactive ketones (excluding diaryl/α,β-unsaturated/α-hetero) is 1. The first-order valence-corrected chi connectivity index (χ1v) is 10.3. The highest BCUT2D eigenvalue weighted by atomic mass is 32.2. The second-order valence-electron chi connectivity index (χ2n) is 6.81. The Balaban J connectivity index is 1.60. The van der Waals surface area contributed by atoms with Crippen LogP contribution >= 0.6 is 11.8 Å². The molecule has 1 saturated carbocycles. The molecule has 0 unspecified atom stereocenters. The number of ketones is 1. The van der Waals surface area contributed by atoms with Gasteiger partial charge in [-0.1, -0.05) is 29.8 Å². The molecule has 2 aromatic rings. The number of benzene rings is 2. The number of amides is 1. The number of rotatable bonds is 6. The Bertz CT molecular complexity index is 863. The molecule has 1 aliphatic carbocycles. The lowest BCUT2D eigenvalue weighted by Gasteiger charge is -2.21. The van der Waals surface area contributed by atoms with Gasteiger partial charge in [0.05, 0.1) is 11.3 Å². The van der Waals surface area contributed by atoms with Gasteiger partial charge in [-0.05, 0) is 50.5 Å². The minimum atomic E-state index is -0.649. The van der Waals surface area contributed by atoms with Crippen molar-refractivity contribution in [2.75, 3.05) is 11.1 Å². The molecule has 0 aliphatic heterocycles. The number of ether oxygens (including phenoxy) is 1. The fourth-order valence-electron chi connectivity index (χ4n) is 3.01. The summed E-state index contributed by atoms with van der Waals surface area (Å²) in [6, 6.07) is 14.6. The van der Waals surface area contributed by atoms with Crippen molar-refractivity contribution in [2.45, 2.75) is 43.6 Å². The summed E-state index contributed by atoms with van der Waals surface area (Å²) in [6.45, 7) is 1.98. The zero-order valence-corrected chi connectivity index (χ0v) is 16.6. The largest absolute Gasteiger partial charge is 0.451 e. The van der Waals surface area contributed by atoms with Crippen molar-refractivity contribution < 1.29 is 19.1 Å². The molecule has 2 aromatic carbocycles. The van der Waals surface area contributed by atoms with E-state index in [9.17, 15) is 14.4 Å². The Morgan fingerprint density at radius 2 is 1.86 bits per heavy atom. The third kappa shape index (κ3) is 5.45. The lowest BCUT2D eigenvalue weighted by Crippen LogP contribution is -2.30. The van der Waals surface area contributed by atoms with E-state index in [2.05, 4.69) is 5.32 Å². The van der Waals surface area contributed by atoms with Crippen LogP contribution < -0.4 is 5.32 Å². The fourth-order valence-corrected chi connectivity index (χ4v) is 3.85. The molecule has 0 heterocycles. The maximum absolute atomic E-state index is 12.6. The molecular weight excluding hydrogens is 374 g/mol. The smallest absolute Gasteiger partial charge is 0.339 e. The zero-order valence-electron chi connectivity index (χ0n) is 15.8. The predicted octanol–water partition coefficient (Wildman–Crippen LogP) is 4.39. The maximum atomic E-state index is 12.6.